The summed E-state index contributed by atoms with van der Waals surface area (Å²) in [7, 11) is -7.19. The first-order valence-electron chi connectivity index (χ1n) is 10.6. The Balaban J connectivity index is 2.66. The predicted octanol–water partition coefficient (Wildman–Crippen LogP) is 6.51. The zero-order chi connectivity index (χ0) is 21.9. The van der Waals surface area contributed by atoms with Crippen LogP contribution in [0.4, 0.5) is 5.69 Å². The van der Waals surface area contributed by atoms with E-state index in [2.05, 4.69) is 130 Å². The number of hydrazine groups is 1. The lowest BCUT2D eigenvalue weighted by atomic mass is 10.2. The van der Waals surface area contributed by atoms with Crippen LogP contribution in [0.3, 0.4) is 0 Å². The number of benzene rings is 2. The van der Waals surface area contributed by atoms with Crippen molar-refractivity contribution in [1.29, 1.82) is 0 Å². The van der Waals surface area contributed by atoms with Gasteiger partial charge in [-0.1, -0.05) is 87.8 Å². The Kier molecular flexibility index (Phi) is 7.57. The van der Waals surface area contributed by atoms with Crippen molar-refractivity contribution in [3.8, 4) is 0 Å². The highest BCUT2D eigenvalue weighted by atomic mass is 29.6. The Labute approximate surface area is 182 Å². The third-order valence-corrected chi connectivity index (χ3v) is 43.2. The van der Waals surface area contributed by atoms with Crippen LogP contribution in [-0.4, -0.2) is 30.8 Å². The number of para-hydroxylation sites is 1. The molecular weight excluding hydrogens is 421 g/mol. The molecule has 0 spiro atoms. The van der Waals surface area contributed by atoms with Crippen molar-refractivity contribution in [2.45, 2.75) is 64.7 Å². The summed E-state index contributed by atoms with van der Waals surface area (Å²) in [5, 5.41) is 4.06. The van der Waals surface area contributed by atoms with Gasteiger partial charge in [0.25, 0.3) is 0 Å². The van der Waals surface area contributed by atoms with Crippen LogP contribution in [0, 0.1) is 0 Å². The van der Waals surface area contributed by atoms with Crippen molar-refractivity contribution in [2.75, 3.05) is 5.43 Å². The third kappa shape index (κ3) is 5.80. The van der Waals surface area contributed by atoms with Gasteiger partial charge in [-0.05, 0) is 37.3 Å². The van der Waals surface area contributed by atoms with E-state index in [0.717, 1.165) is 5.69 Å². The fourth-order valence-electron chi connectivity index (χ4n) is 4.43. The zero-order valence-corrected chi connectivity index (χ0v) is 23.8. The number of hydrogen-bond acceptors (Lipinski definition) is 3. The molecule has 0 aliphatic rings. The van der Waals surface area contributed by atoms with Gasteiger partial charge >= 0.3 is 0 Å². The first-order chi connectivity index (χ1) is 13.3. The normalized spacial score (nSPS) is 14.5. The fraction of sp³-hybridized carbons (Fsp3) is 0.455. The summed E-state index contributed by atoms with van der Waals surface area (Å²) in [6.07, 6.45) is 0. The standard InChI is InChI=1S/C22H40N2OSi4/c1-26(2,3)25-22(20-16-12-10-13-17-20)29(27(4,5)6,28(7,8)9)24-23-21-18-14-11-15-19-21/h10-19,22-24H,1-9H3. The van der Waals surface area contributed by atoms with Crippen molar-refractivity contribution in [3.05, 3.63) is 66.2 Å². The topological polar surface area (TPSA) is 33.3 Å². The molecule has 0 saturated heterocycles. The highest BCUT2D eigenvalue weighted by Gasteiger charge is 2.61. The Morgan fingerprint density at radius 1 is 0.655 bits per heavy atom. The summed E-state index contributed by atoms with van der Waals surface area (Å²) in [6.45, 7) is 22.2. The summed E-state index contributed by atoms with van der Waals surface area (Å²) in [6, 6.07) is 21.5. The van der Waals surface area contributed by atoms with E-state index in [1.165, 1.54) is 5.56 Å². The SMILES string of the molecule is C[Si](C)(C)OC(c1ccccc1)[Si](NNc1ccccc1)([Si](C)(C)C)[Si](C)(C)C. The molecule has 1 atom stereocenters. The molecule has 0 saturated carbocycles. The highest BCUT2D eigenvalue weighted by molar-refractivity contribution is 7.68. The van der Waals surface area contributed by atoms with E-state index in [1.54, 1.807) is 0 Å². The molecule has 0 amide bonds. The van der Waals surface area contributed by atoms with Crippen molar-refractivity contribution in [1.82, 2.24) is 5.09 Å². The van der Waals surface area contributed by atoms with Gasteiger partial charge in [0.15, 0.2) is 15.6 Å². The monoisotopic (exact) mass is 460 g/mol. The van der Waals surface area contributed by atoms with Crippen molar-refractivity contribution in [3.63, 3.8) is 0 Å². The largest absolute Gasteiger partial charge is 0.412 e. The van der Waals surface area contributed by atoms with E-state index in [9.17, 15) is 0 Å². The van der Waals surface area contributed by atoms with E-state index >= 15 is 0 Å². The molecule has 0 fully saturated rings. The maximum Gasteiger partial charge on any atom is 0.184 e. The van der Waals surface area contributed by atoms with Gasteiger partial charge in [-0.2, -0.15) is 0 Å². The molecular formula is C22H40N2OSi4. The minimum Gasteiger partial charge on any atom is -0.412 e. The molecule has 2 N–H and O–H groups in total. The van der Waals surface area contributed by atoms with Gasteiger partial charge < -0.3 is 9.85 Å². The summed E-state index contributed by atoms with van der Waals surface area (Å²) in [5.41, 5.74) is 6.28. The molecule has 0 aromatic heterocycles. The van der Waals surface area contributed by atoms with Crippen LogP contribution in [0.2, 0.25) is 58.9 Å². The van der Waals surface area contributed by atoms with Crippen LogP contribution in [0.15, 0.2) is 60.7 Å². The van der Waals surface area contributed by atoms with Crippen molar-refractivity contribution in [2.24, 2.45) is 0 Å². The molecule has 2 rings (SSSR count). The summed E-state index contributed by atoms with van der Waals surface area (Å²) in [4.78, 5) is 0. The predicted molar refractivity (Wildman–Crippen MR) is 139 cm³/mol. The number of rotatable bonds is 9. The Hall–Kier alpha value is -0.972. The molecule has 3 nitrogen and oxygen atoms in total. The van der Waals surface area contributed by atoms with Gasteiger partial charge in [0, 0.05) is 5.69 Å². The van der Waals surface area contributed by atoms with E-state index in [1.807, 2.05) is 0 Å². The third-order valence-electron chi connectivity index (χ3n) is 5.51. The minimum atomic E-state index is -2.13. The second-order valence-electron chi connectivity index (χ2n) is 10.9. The minimum absolute atomic E-state index is 0.157. The summed E-state index contributed by atoms with van der Waals surface area (Å²) < 4.78 is 7.10. The average molecular weight is 461 g/mol. The lowest BCUT2D eigenvalue weighted by Crippen LogP contribution is -2.84. The molecule has 0 bridgehead atoms. The first kappa shape index (κ1) is 24.3. The van der Waals surface area contributed by atoms with Crippen LogP contribution in [0.5, 0.6) is 0 Å². The quantitative estimate of drug-likeness (QED) is 0.330. The van der Waals surface area contributed by atoms with Crippen LogP contribution < -0.4 is 10.5 Å². The molecule has 29 heavy (non-hydrogen) atoms. The van der Waals surface area contributed by atoms with Crippen molar-refractivity contribution >= 4 is 36.5 Å². The maximum atomic E-state index is 7.10. The lowest BCUT2D eigenvalue weighted by molar-refractivity contribution is 0.270. The second-order valence-corrected chi connectivity index (χ2v) is 42.0. The molecule has 0 heterocycles. The van der Waals surface area contributed by atoms with E-state index < -0.39 is 30.8 Å². The average Bonchev–Trinajstić information content (AvgIpc) is 2.59. The maximum absolute atomic E-state index is 7.10. The van der Waals surface area contributed by atoms with E-state index in [-0.39, 0.29) is 5.73 Å². The second kappa shape index (κ2) is 9.03. The zero-order valence-electron chi connectivity index (χ0n) is 19.8. The first-order valence-corrected chi connectivity index (χ1v) is 25.1. The number of anilines is 1. The summed E-state index contributed by atoms with van der Waals surface area (Å²) in [5.74, 6) is 0. The molecule has 7 heteroatoms. The molecule has 0 radical (unpaired) electrons. The van der Waals surface area contributed by atoms with Gasteiger partial charge in [0.2, 0.25) is 0 Å². The molecule has 1 unspecified atom stereocenters. The van der Waals surface area contributed by atoms with Crippen LogP contribution in [0.25, 0.3) is 0 Å². The smallest absolute Gasteiger partial charge is 0.184 e. The Bertz CT molecular complexity index is 751. The van der Waals surface area contributed by atoms with Crippen LogP contribution in [-0.2, 0) is 4.43 Å². The Morgan fingerprint density at radius 2 is 1.10 bits per heavy atom. The lowest BCUT2D eigenvalue weighted by Gasteiger charge is -2.55. The van der Waals surface area contributed by atoms with Crippen LogP contribution >= 0.6 is 0 Å². The number of nitrogens with one attached hydrogen (secondary N) is 2. The van der Waals surface area contributed by atoms with Gasteiger partial charge in [-0.15, -0.1) is 0 Å². The van der Waals surface area contributed by atoms with Gasteiger partial charge in [0.05, 0.1) is 20.9 Å². The van der Waals surface area contributed by atoms with Gasteiger partial charge in [-0.3, -0.25) is 5.09 Å². The molecule has 160 valence electrons. The summed E-state index contributed by atoms with van der Waals surface area (Å²) >= 11 is 0. The molecule has 0 aliphatic heterocycles. The molecule has 2 aromatic rings. The fourth-order valence-corrected chi connectivity index (χ4v) is 49.2. The van der Waals surface area contributed by atoms with E-state index in [0.29, 0.717) is 0 Å². The van der Waals surface area contributed by atoms with E-state index in [4.69, 9.17) is 4.43 Å². The number of hydrogen-bond donors (Lipinski definition) is 2. The molecule has 0 aliphatic carbocycles. The van der Waals surface area contributed by atoms with Crippen LogP contribution in [0.1, 0.15) is 11.3 Å². The van der Waals surface area contributed by atoms with Gasteiger partial charge in [0.1, 0.15) is 0 Å². The van der Waals surface area contributed by atoms with Gasteiger partial charge in [-0.25, -0.2) is 0 Å². The Morgan fingerprint density at radius 3 is 1.52 bits per heavy atom. The molecule has 2 aromatic carbocycles. The highest BCUT2D eigenvalue weighted by Crippen LogP contribution is 2.41. The van der Waals surface area contributed by atoms with Crippen molar-refractivity contribution < 1.29 is 4.43 Å².